The summed E-state index contributed by atoms with van der Waals surface area (Å²) in [7, 11) is 0.674. The summed E-state index contributed by atoms with van der Waals surface area (Å²) >= 11 is 0. The molecule has 0 atom stereocenters. The van der Waals surface area contributed by atoms with Crippen LogP contribution in [-0.2, 0) is 27.5 Å². The zero-order valence-electron chi connectivity index (χ0n) is 7.73. The van der Waals surface area contributed by atoms with Gasteiger partial charge >= 0.3 is 15.0 Å². The van der Waals surface area contributed by atoms with Crippen LogP contribution >= 0.6 is 0 Å². The van der Waals surface area contributed by atoms with Crippen molar-refractivity contribution in [2.45, 2.75) is 0 Å². The van der Waals surface area contributed by atoms with Crippen LogP contribution in [-0.4, -0.2) is 36.3 Å². The van der Waals surface area contributed by atoms with Gasteiger partial charge in [-0.15, -0.1) is 4.58 Å². The molecular formula is C6H12O6Si. The molecule has 0 heterocycles. The van der Waals surface area contributed by atoms with E-state index < -0.39 is 15.0 Å². The van der Waals surface area contributed by atoms with Gasteiger partial charge in [-0.1, -0.05) is 6.58 Å². The Morgan fingerprint density at radius 1 is 1.23 bits per heavy atom. The van der Waals surface area contributed by atoms with E-state index in [2.05, 4.69) is 16.0 Å². The molecule has 0 saturated carbocycles. The van der Waals surface area contributed by atoms with Crippen molar-refractivity contribution in [1.82, 2.24) is 0 Å². The van der Waals surface area contributed by atoms with E-state index in [0.717, 1.165) is 6.08 Å². The molecule has 0 radical (unpaired) electrons. The lowest BCUT2D eigenvalue weighted by atomic mass is 10.7. The van der Waals surface area contributed by atoms with E-state index >= 15 is 0 Å². The summed E-state index contributed by atoms with van der Waals surface area (Å²) in [4.78, 5) is 14.9. The van der Waals surface area contributed by atoms with Gasteiger partial charge in [0.25, 0.3) is 0 Å². The van der Waals surface area contributed by atoms with Crippen LogP contribution in [0, 0.1) is 0 Å². The normalized spacial score (nSPS) is 11.0. The van der Waals surface area contributed by atoms with Gasteiger partial charge in [0, 0.05) is 27.4 Å². The standard InChI is InChI=1S/C6H12O6Si/c1-5-6(7)11-12-13(8-2,9-3)10-4/h5H,1H2,2-4H3. The second kappa shape index (κ2) is 5.83. The largest absolute Gasteiger partial charge is 0.716 e. The Bertz CT molecular complexity index is 170. The summed E-state index contributed by atoms with van der Waals surface area (Å²) in [6.45, 7) is 3.18. The third kappa shape index (κ3) is 3.66. The minimum Gasteiger partial charge on any atom is -0.353 e. The molecule has 0 aromatic heterocycles. The molecule has 13 heavy (non-hydrogen) atoms. The summed E-state index contributed by atoms with van der Waals surface area (Å²) in [5.74, 6) is -0.747. The van der Waals surface area contributed by atoms with Gasteiger partial charge in [0.1, 0.15) is 0 Å². The van der Waals surface area contributed by atoms with E-state index in [4.69, 9.17) is 13.3 Å². The second-order valence-electron chi connectivity index (χ2n) is 1.80. The van der Waals surface area contributed by atoms with E-state index in [0.29, 0.717) is 0 Å². The number of carbonyl (C=O) groups excluding carboxylic acids is 1. The summed E-state index contributed by atoms with van der Waals surface area (Å²) in [5, 5.41) is 0. The summed E-state index contributed by atoms with van der Waals surface area (Å²) in [6, 6.07) is 0. The number of rotatable bonds is 6. The Balaban J connectivity index is 4.09. The van der Waals surface area contributed by atoms with Gasteiger partial charge in [0.2, 0.25) is 0 Å². The van der Waals surface area contributed by atoms with Crippen LogP contribution in [0.5, 0.6) is 0 Å². The quantitative estimate of drug-likeness (QED) is 0.265. The first-order valence-corrected chi connectivity index (χ1v) is 4.95. The molecule has 0 aliphatic carbocycles. The molecular weight excluding hydrogens is 196 g/mol. The average molecular weight is 208 g/mol. The van der Waals surface area contributed by atoms with Crippen LogP contribution in [0.15, 0.2) is 12.7 Å². The Morgan fingerprint density at radius 3 is 2.00 bits per heavy atom. The van der Waals surface area contributed by atoms with Gasteiger partial charge in [-0.25, -0.2) is 4.79 Å². The fourth-order valence-corrected chi connectivity index (χ4v) is 1.37. The van der Waals surface area contributed by atoms with Crippen molar-refractivity contribution in [3.63, 3.8) is 0 Å². The minimum absolute atomic E-state index is 0.747. The first-order chi connectivity index (χ1) is 6.14. The molecule has 0 aliphatic rings. The molecule has 0 aromatic carbocycles. The van der Waals surface area contributed by atoms with Gasteiger partial charge < -0.3 is 13.3 Å². The topological polar surface area (TPSA) is 63.2 Å². The van der Waals surface area contributed by atoms with Gasteiger partial charge in [-0.3, -0.25) is 4.89 Å². The molecule has 0 unspecified atom stereocenters. The molecule has 0 spiro atoms. The van der Waals surface area contributed by atoms with Crippen molar-refractivity contribution in [2.24, 2.45) is 0 Å². The van der Waals surface area contributed by atoms with E-state index in [1.54, 1.807) is 0 Å². The van der Waals surface area contributed by atoms with Crippen LogP contribution in [0.4, 0.5) is 0 Å². The number of hydrogen-bond acceptors (Lipinski definition) is 6. The van der Waals surface area contributed by atoms with Gasteiger partial charge in [-0.2, -0.15) is 0 Å². The molecule has 6 nitrogen and oxygen atoms in total. The van der Waals surface area contributed by atoms with Crippen molar-refractivity contribution < 1.29 is 27.5 Å². The minimum atomic E-state index is -3.29. The molecule has 0 amide bonds. The molecule has 0 saturated heterocycles. The maximum absolute atomic E-state index is 10.6. The Hall–Kier alpha value is -0.733. The molecule has 0 fully saturated rings. The second-order valence-corrected chi connectivity index (χ2v) is 4.19. The SMILES string of the molecule is C=CC(=O)OO[Si](OC)(OC)OC. The fraction of sp³-hybridized carbons (Fsp3) is 0.500. The maximum atomic E-state index is 10.6. The van der Waals surface area contributed by atoms with Crippen molar-refractivity contribution in [3.8, 4) is 0 Å². The van der Waals surface area contributed by atoms with Gasteiger partial charge in [-0.05, 0) is 0 Å². The van der Waals surface area contributed by atoms with Crippen molar-refractivity contribution >= 4 is 15.0 Å². The molecule has 7 heteroatoms. The average Bonchev–Trinajstić information content (AvgIpc) is 2.20. The monoisotopic (exact) mass is 208 g/mol. The first kappa shape index (κ1) is 12.3. The Labute approximate surface area is 77.4 Å². The van der Waals surface area contributed by atoms with Gasteiger partial charge in [0.15, 0.2) is 0 Å². The lowest BCUT2D eigenvalue weighted by Gasteiger charge is -2.20. The van der Waals surface area contributed by atoms with Crippen LogP contribution in [0.2, 0.25) is 0 Å². The Kier molecular flexibility index (Phi) is 5.51. The fourth-order valence-electron chi connectivity index (χ4n) is 0.478. The third-order valence-corrected chi connectivity index (χ3v) is 2.93. The predicted molar refractivity (Wildman–Crippen MR) is 44.2 cm³/mol. The lowest BCUT2D eigenvalue weighted by Crippen LogP contribution is -2.46. The van der Waals surface area contributed by atoms with Crippen molar-refractivity contribution in [1.29, 1.82) is 0 Å². The van der Waals surface area contributed by atoms with Crippen LogP contribution in [0.3, 0.4) is 0 Å². The predicted octanol–water partition coefficient (Wildman–Crippen LogP) is 0.0220. The molecule has 76 valence electrons. The van der Waals surface area contributed by atoms with E-state index in [9.17, 15) is 4.79 Å². The zero-order chi connectivity index (χ0) is 10.3. The number of carbonyl (C=O) groups is 1. The van der Waals surface area contributed by atoms with Crippen LogP contribution < -0.4 is 0 Å². The highest BCUT2D eigenvalue weighted by Crippen LogP contribution is 2.08. The van der Waals surface area contributed by atoms with E-state index in [-0.39, 0.29) is 0 Å². The molecule has 0 aromatic rings. The molecule has 0 N–H and O–H groups in total. The highest BCUT2D eigenvalue weighted by atomic mass is 28.4. The third-order valence-electron chi connectivity index (χ3n) is 1.14. The summed E-state index contributed by atoms with van der Waals surface area (Å²) in [6.07, 6.45) is 0.945. The number of hydrogen-bond donors (Lipinski definition) is 0. The first-order valence-electron chi connectivity index (χ1n) is 3.31. The van der Waals surface area contributed by atoms with E-state index in [1.165, 1.54) is 21.3 Å². The Morgan fingerprint density at radius 2 is 1.69 bits per heavy atom. The summed E-state index contributed by atoms with van der Waals surface area (Å²) in [5.41, 5.74) is 0. The molecule has 0 bridgehead atoms. The van der Waals surface area contributed by atoms with Crippen molar-refractivity contribution in [2.75, 3.05) is 21.3 Å². The maximum Gasteiger partial charge on any atom is 0.716 e. The highest BCUT2D eigenvalue weighted by Gasteiger charge is 2.45. The summed E-state index contributed by atoms with van der Waals surface area (Å²) < 4.78 is 19.0. The highest BCUT2D eigenvalue weighted by molar-refractivity contribution is 6.53. The van der Waals surface area contributed by atoms with Crippen molar-refractivity contribution in [3.05, 3.63) is 12.7 Å². The smallest absolute Gasteiger partial charge is 0.353 e. The molecule has 0 rings (SSSR count). The van der Waals surface area contributed by atoms with E-state index in [1.807, 2.05) is 0 Å². The van der Waals surface area contributed by atoms with Gasteiger partial charge in [0.05, 0.1) is 0 Å². The lowest BCUT2D eigenvalue weighted by molar-refractivity contribution is -0.249. The van der Waals surface area contributed by atoms with Crippen LogP contribution in [0.25, 0.3) is 0 Å². The zero-order valence-corrected chi connectivity index (χ0v) is 8.73. The van der Waals surface area contributed by atoms with Crippen LogP contribution in [0.1, 0.15) is 0 Å². The molecule has 0 aliphatic heterocycles.